The van der Waals surface area contributed by atoms with Gasteiger partial charge in [-0.1, -0.05) is 308 Å². The van der Waals surface area contributed by atoms with Crippen molar-refractivity contribution >= 4 is 17.9 Å². The third-order valence-corrected chi connectivity index (χ3v) is 14.5. The molecule has 0 heterocycles. The highest BCUT2D eigenvalue weighted by Gasteiger charge is 2.19. The molecule has 0 aliphatic carbocycles. The maximum atomic E-state index is 12.9. The van der Waals surface area contributed by atoms with Gasteiger partial charge in [-0.2, -0.15) is 0 Å². The van der Waals surface area contributed by atoms with E-state index in [0.717, 1.165) is 77.0 Å². The van der Waals surface area contributed by atoms with E-state index < -0.39 is 6.10 Å². The first-order chi connectivity index (χ1) is 35.0. The molecule has 0 N–H and O–H groups in total. The first kappa shape index (κ1) is 68.9. The average molecular weight is 1000 g/mol. The van der Waals surface area contributed by atoms with Gasteiger partial charge in [-0.25, -0.2) is 0 Å². The van der Waals surface area contributed by atoms with Gasteiger partial charge in [0.25, 0.3) is 0 Å². The van der Waals surface area contributed by atoms with E-state index in [1.807, 2.05) is 0 Å². The maximum absolute atomic E-state index is 12.9. The summed E-state index contributed by atoms with van der Waals surface area (Å²) >= 11 is 0. The number of allylic oxidation sites excluding steroid dienone is 4. The van der Waals surface area contributed by atoms with Gasteiger partial charge in [0.05, 0.1) is 0 Å². The number of carbonyl (C=O) groups is 3. The molecule has 0 radical (unpaired) electrons. The molecule has 0 spiro atoms. The fourth-order valence-electron chi connectivity index (χ4n) is 9.65. The van der Waals surface area contributed by atoms with Crippen molar-refractivity contribution in [2.75, 3.05) is 13.2 Å². The van der Waals surface area contributed by atoms with Crippen molar-refractivity contribution in [2.24, 2.45) is 0 Å². The second-order valence-electron chi connectivity index (χ2n) is 21.7. The Morgan fingerprint density at radius 3 is 0.803 bits per heavy atom. The SMILES string of the molecule is CCCCC/C=C/C/C=C/CCCCCCCC(=O)OC[C@H](COC(=O)CCCCCCCCCCCCCCCCCCCCC)OC(=O)CCCCCCCCCCCCCCCCCCCCC. The highest BCUT2D eigenvalue weighted by Crippen LogP contribution is 2.18. The molecule has 1 atom stereocenters. The molecule has 418 valence electrons. The van der Waals surface area contributed by atoms with Gasteiger partial charge in [0.2, 0.25) is 0 Å². The van der Waals surface area contributed by atoms with E-state index in [0.29, 0.717) is 19.3 Å². The minimum atomic E-state index is -0.773. The first-order valence-corrected chi connectivity index (χ1v) is 31.8. The minimum absolute atomic E-state index is 0.0696. The largest absolute Gasteiger partial charge is 0.462 e. The molecule has 0 aromatic heterocycles. The number of hydrogen-bond acceptors (Lipinski definition) is 6. The Morgan fingerprint density at radius 2 is 0.507 bits per heavy atom. The Hall–Kier alpha value is -2.11. The van der Waals surface area contributed by atoms with Gasteiger partial charge in [-0.15, -0.1) is 0 Å². The second kappa shape index (κ2) is 60.4. The van der Waals surface area contributed by atoms with Crippen LogP contribution in [-0.2, 0) is 28.6 Å². The van der Waals surface area contributed by atoms with Gasteiger partial charge in [0.15, 0.2) is 6.10 Å². The van der Waals surface area contributed by atoms with Crippen LogP contribution in [0.1, 0.15) is 355 Å². The van der Waals surface area contributed by atoms with Crippen molar-refractivity contribution in [3.63, 3.8) is 0 Å². The summed E-state index contributed by atoms with van der Waals surface area (Å²) in [4.78, 5) is 38.3. The van der Waals surface area contributed by atoms with Crippen LogP contribution >= 0.6 is 0 Å². The summed E-state index contributed by atoms with van der Waals surface area (Å²) in [5, 5.41) is 0. The van der Waals surface area contributed by atoms with Gasteiger partial charge < -0.3 is 14.2 Å². The molecule has 71 heavy (non-hydrogen) atoms. The summed E-state index contributed by atoms with van der Waals surface area (Å²) in [6.07, 6.45) is 71.8. The van der Waals surface area contributed by atoms with Gasteiger partial charge in [-0.3, -0.25) is 14.4 Å². The van der Waals surface area contributed by atoms with Crippen LogP contribution < -0.4 is 0 Å². The molecule has 0 aliphatic rings. The standard InChI is InChI=1S/C65H122O6/c1-4-7-10-13-16-19-22-25-28-30-32-34-37-40-43-46-49-52-55-58-64(67)70-61-62(60-69-63(66)57-54-51-48-45-42-39-36-27-24-21-18-15-12-9-6-3)71-65(68)59-56-53-50-47-44-41-38-35-33-31-29-26-23-20-17-14-11-8-5-2/h18,21,27,36,62H,4-17,19-20,22-26,28-35,37-61H2,1-3H3/b21-18+,36-27+/t62-/m1/s1. The van der Waals surface area contributed by atoms with E-state index in [1.165, 1.54) is 238 Å². The van der Waals surface area contributed by atoms with Crippen LogP contribution in [-0.4, -0.2) is 37.2 Å². The van der Waals surface area contributed by atoms with E-state index in [-0.39, 0.29) is 31.1 Å². The Kier molecular flexibility index (Phi) is 58.6. The Bertz CT molecular complexity index is 1150. The molecular formula is C65H122O6. The zero-order valence-electron chi connectivity index (χ0n) is 48.0. The highest BCUT2D eigenvalue weighted by atomic mass is 16.6. The van der Waals surface area contributed by atoms with Gasteiger partial charge >= 0.3 is 17.9 Å². The van der Waals surface area contributed by atoms with Crippen LogP contribution in [0.4, 0.5) is 0 Å². The highest BCUT2D eigenvalue weighted by molar-refractivity contribution is 5.71. The molecule has 0 aromatic rings. The number of rotatable bonds is 59. The van der Waals surface area contributed by atoms with Crippen LogP contribution in [0.15, 0.2) is 24.3 Å². The van der Waals surface area contributed by atoms with Gasteiger partial charge in [0.1, 0.15) is 13.2 Å². The number of carbonyl (C=O) groups excluding carboxylic acids is 3. The van der Waals surface area contributed by atoms with Crippen molar-refractivity contribution in [1.29, 1.82) is 0 Å². The lowest BCUT2D eigenvalue weighted by molar-refractivity contribution is -0.167. The predicted octanol–water partition coefficient (Wildman–Crippen LogP) is 21.4. The van der Waals surface area contributed by atoms with E-state index in [2.05, 4.69) is 45.1 Å². The second-order valence-corrected chi connectivity index (χ2v) is 21.7. The molecule has 6 nitrogen and oxygen atoms in total. The molecule has 0 bridgehead atoms. The molecule has 0 aromatic carbocycles. The molecule has 0 rings (SSSR count). The number of esters is 3. The summed E-state index contributed by atoms with van der Waals surface area (Å²) in [5.41, 5.74) is 0. The van der Waals surface area contributed by atoms with E-state index >= 15 is 0 Å². The number of hydrogen-bond donors (Lipinski definition) is 0. The lowest BCUT2D eigenvalue weighted by Gasteiger charge is -2.18. The van der Waals surface area contributed by atoms with Crippen LogP contribution in [0.25, 0.3) is 0 Å². The van der Waals surface area contributed by atoms with Crippen molar-refractivity contribution in [2.45, 2.75) is 361 Å². The molecular weight excluding hydrogens is 877 g/mol. The first-order valence-electron chi connectivity index (χ1n) is 31.8. The van der Waals surface area contributed by atoms with Crippen molar-refractivity contribution in [3.8, 4) is 0 Å². The molecule has 6 heteroatoms. The van der Waals surface area contributed by atoms with Crippen molar-refractivity contribution in [3.05, 3.63) is 24.3 Å². The van der Waals surface area contributed by atoms with Crippen LogP contribution in [0, 0.1) is 0 Å². The summed E-state index contributed by atoms with van der Waals surface area (Å²) in [6.45, 7) is 6.67. The smallest absolute Gasteiger partial charge is 0.306 e. The van der Waals surface area contributed by atoms with Gasteiger partial charge in [0, 0.05) is 19.3 Å². The maximum Gasteiger partial charge on any atom is 0.306 e. The fourth-order valence-corrected chi connectivity index (χ4v) is 9.65. The molecule has 0 aliphatic heterocycles. The summed E-state index contributed by atoms with van der Waals surface area (Å²) in [5.74, 6) is -0.856. The monoisotopic (exact) mass is 999 g/mol. The molecule has 0 saturated heterocycles. The Balaban J connectivity index is 4.31. The lowest BCUT2D eigenvalue weighted by atomic mass is 10.0. The van der Waals surface area contributed by atoms with E-state index in [9.17, 15) is 14.4 Å². The predicted molar refractivity (Wildman–Crippen MR) is 307 cm³/mol. The topological polar surface area (TPSA) is 78.9 Å². The van der Waals surface area contributed by atoms with Gasteiger partial charge in [-0.05, 0) is 51.4 Å². The molecule has 0 fully saturated rings. The summed E-state index contributed by atoms with van der Waals surface area (Å²) in [6, 6.07) is 0. The number of unbranched alkanes of at least 4 members (excludes halogenated alkanes) is 44. The molecule has 0 amide bonds. The normalized spacial score (nSPS) is 12.1. The fraction of sp³-hybridized carbons (Fsp3) is 0.892. The molecule has 0 saturated carbocycles. The summed E-state index contributed by atoms with van der Waals surface area (Å²) < 4.78 is 16.9. The molecule has 0 unspecified atom stereocenters. The Morgan fingerprint density at radius 1 is 0.282 bits per heavy atom. The van der Waals surface area contributed by atoms with Crippen LogP contribution in [0.2, 0.25) is 0 Å². The van der Waals surface area contributed by atoms with Crippen molar-refractivity contribution < 1.29 is 28.6 Å². The number of ether oxygens (including phenoxy) is 3. The zero-order chi connectivity index (χ0) is 51.4. The third kappa shape index (κ3) is 58.7. The minimum Gasteiger partial charge on any atom is -0.462 e. The van der Waals surface area contributed by atoms with E-state index in [1.54, 1.807) is 0 Å². The van der Waals surface area contributed by atoms with E-state index in [4.69, 9.17) is 14.2 Å². The van der Waals surface area contributed by atoms with Crippen molar-refractivity contribution in [1.82, 2.24) is 0 Å². The van der Waals surface area contributed by atoms with Crippen LogP contribution in [0.3, 0.4) is 0 Å². The zero-order valence-corrected chi connectivity index (χ0v) is 48.0. The Labute approximate surface area is 443 Å². The third-order valence-electron chi connectivity index (χ3n) is 14.5. The van der Waals surface area contributed by atoms with Crippen LogP contribution in [0.5, 0.6) is 0 Å². The average Bonchev–Trinajstić information content (AvgIpc) is 3.37. The summed E-state index contributed by atoms with van der Waals surface area (Å²) in [7, 11) is 0. The quantitative estimate of drug-likeness (QED) is 0.0261. The lowest BCUT2D eigenvalue weighted by Crippen LogP contribution is -2.30.